The van der Waals surface area contributed by atoms with Crippen LogP contribution < -0.4 is 20.9 Å². The number of ether oxygens (including phenoxy) is 1. The molecule has 3 N–H and O–H groups in total. The second-order valence-electron chi connectivity index (χ2n) is 7.84. The number of nitrogens with one attached hydrogen (secondary N) is 3. The van der Waals surface area contributed by atoms with E-state index in [0.717, 1.165) is 11.8 Å². The molecular formula is C22H25ClN4O6S. The highest BCUT2D eigenvalue weighted by Gasteiger charge is 2.26. The van der Waals surface area contributed by atoms with Crippen LogP contribution in [-0.4, -0.2) is 64.1 Å². The summed E-state index contributed by atoms with van der Waals surface area (Å²) in [7, 11) is -3.60. The van der Waals surface area contributed by atoms with Gasteiger partial charge in [-0.15, -0.1) is 0 Å². The molecule has 4 amide bonds. The number of nitrogens with zero attached hydrogens (tertiary/aromatic N) is 1. The number of hydrogen-bond donors (Lipinski definition) is 3. The molecule has 0 unspecified atom stereocenters. The first-order valence-corrected chi connectivity index (χ1v) is 12.8. The third kappa shape index (κ3) is 7.17. The summed E-state index contributed by atoms with van der Waals surface area (Å²) in [6.45, 7) is 2.66. The first kappa shape index (κ1) is 25.5. The third-order valence-corrected chi connectivity index (χ3v) is 6.13. The minimum atomic E-state index is -3.60. The van der Waals surface area contributed by atoms with Crippen molar-refractivity contribution >= 4 is 56.3 Å². The maximum Gasteiger partial charge on any atom is 0.319 e. The van der Waals surface area contributed by atoms with Gasteiger partial charge < -0.3 is 25.6 Å². The van der Waals surface area contributed by atoms with Crippen molar-refractivity contribution in [2.45, 2.75) is 13.0 Å². The van der Waals surface area contributed by atoms with Gasteiger partial charge in [0.2, 0.25) is 5.91 Å². The second kappa shape index (κ2) is 10.9. The number of aryl methyl sites for hydroxylation is 1. The van der Waals surface area contributed by atoms with Gasteiger partial charge in [-0.1, -0.05) is 11.6 Å². The topological polar surface area (TPSA) is 134 Å². The van der Waals surface area contributed by atoms with Crippen LogP contribution >= 0.6 is 11.6 Å². The molecule has 1 heterocycles. The number of sulfone groups is 1. The average molecular weight is 509 g/mol. The molecule has 1 saturated heterocycles. The number of amides is 4. The lowest BCUT2D eigenvalue weighted by atomic mass is 10.1. The summed E-state index contributed by atoms with van der Waals surface area (Å²) in [5, 5.41) is 8.05. The van der Waals surface area contributed by atoms with Gasteiger partial charge >= 0.3 is 6.03 Å². The number of carbonyl (C=O) groups excluding carboxylic acids is 3. The predicted molar refractivity (Wildman–Crippen MR) is 130 cm³/mol. The number of rotatable bonds is 7. The highest BCUT2D eigenvalue weighted by Crippen LogP contribution is 2.25. The van der Waals surface area contributed by atoms with Gasteiger partial charge in [-0.3, -0.25) is 9.59 Å². The molecule has 10 nitrogen and oxygen atoms in total. The summed E-state index contributed by atoms with van der Waals surface area (Å²) in [4.78, 5) is 38.9. The largest absolute Gasteiger partial charge is 0.370 e. The minimum Gasteiger partial charge on any atom is -0.370 e. The fraction of sp³-hybridized carbons (Fsp3) is 0.318. The van der Waals surface area contributed by atoms with Gasteiger partial charge in [0.1, 0.15) is 22.5 Å². The maximum absolute atomic E-state index is 12.9. The molecule has 0 aliphatic carbocycles. The molecule has 0 saturated carbocycles. The average Bonchev–Trinajstić information content (AvgIpc) is 2.75. The number of carbonyl (C=O) groups is 3. The van der Waals surface area contributed by atoms with E-state index < -0.39 is 33.6 Å². The molecule has 2 aromatic carbocycles. The molecule has 182 valence electrons. The van der Waals surface area contributed by atoms with E-state index in [9.17, 15) is 22.8 Å². The van der Waals surface area contributed by atoms with Crippen LogP contribution in [-0.2, 0) is 24.2 Å². The van der Waals surface area contributed by atoms with E-state index in [4.69, 9.17) is 16.3 Å². The van der Waals surface area contributed by atoms with Crippen molar-refractivity contribution in [3.05, 3.63) is 53.1 Å². The molecule has 12 heteroatoms. The van der Waals surface area contributed by atoms with Crippen LogP contribution in [0.4, 0.5) is 21.9 Å². The SMILES string of the molecule is Cc1cc(NC(=O)[C@@H](CS(C)(=O)=O)NC(=O)Nc2ccc(Cl)cc2)ccc1N1CCOCC1=O. The Balaban J connectivity index is 1.71. The predicted octanol–water partition coefficient (Wildman–Crippen LogP) is 2.19. The highest BCUT2D eigenvalue weighted by molar-refractivity contribution is 7.90. The van der Waals surface area contributed by atoms with Crippen molar-refractivity contribution in [3.63, 3.8) is 0 Å². The highest BCUT2D eigenvalue weighted by atomic mass is 35.5. The van der Waals surface area contributed by atoms with E-state index in [-0.39, 0.29) is 12.5 Å². The lowest BCUT2D eigenvalue weighted by Gasteiger charge is -2.28. The summed E-state index contributed by atoms with van der Waals surface area (Å²) in [5.74, 6) is -1.45. The summed E-state index contributed by atoms with van der Waals surface area (Å²) >= 11 is 5.82. The molecular weight excluding hydrogens is 484 g/mol. The summed E-state index contributed by atoms with van der Waals surface area (Å²) in [6, 6.07) is 9.17. The van der Waals surface area contributed by atoms with Crippen molar-refractivity contribution < 1.29 is 27.5 Å². The summed E-state index contributed by atoms with van der Waals surface area (Å²) < 4.78 is 28.9. The van der Waals surface area contributed by atoms with E-state index in [1.165, 1.54) is 0 Å². The van der Waals surface area contributed by atoms with Crippen molar-refractivity contribution in [1.29, 1.82) is 0 Å². The zero-order valence-corrected chi connectivity index (χ0v) is 20.2. The van der Waals surface area contributed by atoms with Gasteiger partial charge in [0.15, 0.2) is 0 Å². The lowest BCUT2D eigenvalue weighted by Crippen LogP contribution is -2.49. The molecule has 0 bridgehead atoms. The smallest absolute Gasteiger partial charge is 0.319 e. The van der Waals surface area contributed by atoms with E-state index in [2.05, 4.69) is 16.0 Å². The molecule has 1 aliphatic rings. The molecule has 1 fully saturated rings. The lowest BCUT2D eigenvalue weighted by molar-refractivity contribution is -0.125. The van der Waals surface area contributed by atoms with Crippen LogP contribution in [0.5, 0.6) is 0 Å². The van der Waals surface area contributed by atoms with Crippen LogP contribution in [0, 0.1) is 6.92 Å². The number of benzene rings is 2. The third-order valence-electron chi connectivity index (χ3n) is 4.93. The van der Waals surface area contributed by atoms with Crippen LogP contribution in [0.2, 0.25) is 5.02 Å². The van der Waals surface area contributed by atoms with Crippen LogP contribution in [0.15, 0.2) is 42.5 Å². The summed E-state index contributed by atoms with van der Waals surface area (Å²) in [5.41, 5.74) is 2.25. The van der Waals surface area contributed by atoms with Gasteiger partial charge in [-0.2, -0.15) is 0 Å². The Morgan fingerprint density at radius 3 is 2.41 bits per heavy atom. The quantitative estimate of drug-likeness (QED) is 0.525. The number of halogens is 1. The molecule has 0 aromatic heterocycles. The normalized spacial score (nSPS) is 14.9. The molecule has 1 aliphatic heterocycles. The van der Waals surface area contributed by atoms with Crippen LogP contribution in [0.25, 0.3) is 0 Å². The van der Waals surface area contributed by atoms with Gasteiger partial charge in [0, 0.05) is 34.9 Å². The Morgan fingerprint density at radius 1 is 1.12 bits per heavy atom. The van der Waals surface area contributed by atoms with Crippen LogP contribution in [0.3, 0.4) is 0 Å². The minimum absolute atomic E-state index is 0.00878. The fourth-order valence-corrected chi connectivity index (χ4v) is 4.35. The van der Waals surface area contributed by atoms with Gasteiger partial charge in [-0.25, -0.2) is 13.2 Å². The molecule has 0 radical (unpaired) electrons. The molecule has 0 spiro atoms. The number of urea groups is 1. The molecule has 34 heavy (non-hydrogen) atoms. The monoisotopic (exact) mass is 508 g/mol. The van der Waals surface area contributed by atoms with Gasteiger partial charge in [0.05, 0.1) is 12.4 Å². The maximum atomic E-state index is 12.9. The molecule has 3 rings (SSSR count). The Bertz CT molecular complexity index is 1190. The zero-order chi connectivity index (χ0) is 24.9. The van der Waals surface area contributed by atoms with Crippen molar-refractivity contribution in [1.82, 2.24) is 5.32 Å². The standard InChI is InChI=1S/C22H25ClN4O6S/c1-14-11-17(7-8-19(14)27-9-10-33-12-20(27)28)24-21(29)18(13-34(2,31)32)26-22(30)25-16-5-3-15(23)4-6-16/h3-8,11,18H,9-10,12-13H2,1-2H3,(H,24,29)(H2,25,26,30)/t18-/m1/s1. The van der Waals surface area contributed by atoms with Crippen LogP contribution in [0.1, 0.15) is 5.56 Å². The zero-order valence-electron chi connectivity index (χ0n) is 18.6. The Labute approximate surface area is 202 Å². The number of hydrogen-bond acceptors (Lipinski definition) is 6. The van der Waals surface area contributed by atoms with E-state index in [1.807, 2.05) is 0 Å². The Morgan fingerprint density at radius 2 is 1.79 bits per heavy atom. The van der Waals surface area contributed by atoms with E-state index in [0.29, 0.717) is 35.2 Å². The van der Waals surface area contributed by atoms with E-state index >= 15 is 0 Å². The first-order chi connectivity index (χ1) is 16.0. The second-order valence-corrected chi connectivity index (χ2v) is 10.5. The summed E-state index contributed by atoms with van der Waals surface area (Å²) in [6.07, 6.45) is 0.977. The Kier molecular flexibility index (Phi) is 8.13. The van der Waals surface area contributed by atoms with Gasteiger partial charge in [-0.05, 0) is 55.0 Å². The Hall–Kier alpha value is -3.15. The molecule has 2 aromatic rings. The van der Waals surface area contributed by atoms with Gasteiger partial charge in [0.25, 0.3) is 5.91 Å². The number of morpholine rings is 1. The van der Waals surface area contributed by atoms with Crippen molar-refractivity contribution in [3.8, 4) is 0 Å². The number of anilines is 3. The van der Waals surface area contributed by atoms with Crippen molar-refractivity contribution in [2.75, 3.05) is 47.3 Å². The fourth-order valence-electron chi connectivity index (χ4n) is 3.38. The molecule has 1 atom stereocenters. The first-order valence-electron chi connectivity index (χ1n) is 10.3. The van der Waals surface area contributed by atoms with Crippen molar-refractivity contribution in [2.24, 2.45) is 0 Å². The van der Waals surface area contributed by atoms with E-state index in [1.54, 1.807) is 54.3 Å².